The van der Waals surface area contributed by atoms with E-state index >= 15 is 0 Å². The first-order chi connectivity index (χ1) is 13.3. The van der Waals surface area contributed by atoms with Crippen molar-refractivity contribution >= 4 is 81.0 Å². The van der Waals surface area contributed by atoms with Gasteiger partial charge in [0.15, 0.2) is 17.6 Å². The summed E-state index contributed by atoms with van der Waals surface area (Å²) in [6.45, 7) is 0. The Hall–Kier alpha value is -1.48. The molecule has 0 saturated heterocycles. The fourth-order valence-electron chi connectivity index (χ4n) is 3.11. The number of aldehydes is 1. The number of aromatic hydroxyl groups is 1. The van der Waals surface area contributed by atoms with Crippen molar-refractivity contribution in [3.63, 3.8) is 0 Å². The van der Waals surface area contributed by atoms with Gasteiger partial charge in [0.05, 0.1) is 8.95 Å². The van der Waals surface area contributed by atoms with E-state index in [1.807, 2.05) is 12.1 Å². The fourth-order valence-corrected chi connectivity index (χ4v) is 5.51. The van der Waals surface area contributed by atoms with Crippen LogP contribution in [0, 0.1) is 0 Å². The van der Waals surface area contributed by atoms with Crippen LogP contribution in [-0.4, -0.2) is 11.4 Å². The molecule has 0 amide bonds. The van der Waals surface area contributed by atoms with Crippen molar-refractivity contribution in [2.24, 2.45) is 0 Å². The summed E-state index contributed by atoms with van der Waals surface area (Å²) in [6, 6.07) is 10.6. The van der Waals surface area contributed by atoms with Gasteiger partial charge in [0.2, 0.25) is 5.43 Å². The standard InChI is InChI=1S/C20H8Br4O4/c21-12-5-10-14(9-4-2-1-3-8(9)7-25)11-6-13(22)18(27)16(24)20(11)28-19(10)15(23)17(12)26/h1-7,26H. The zero-order chi connectivity index (χ0) is 20.2. The van der Waals surface area contributed by atoms with E-state index in [0.717, 1.165) is 6.29 Å². The van der Waals surface area contributed by atoms with Gasteiger partial charge in [-0.2, -0.15) is 0 Å². The number of hydrogen-bond acceptors (Lipinski definition) is 4. The summed E-state index contributed by atoms with van der Waals surface area (Å²) in [6.07, 6.45) is 0.785. The van der Waals surface area contributed by atoms with Gasteiger partial charge in [-0.05, 0) is 81.4 Å². The van der Waals surface area contributed by atoms with Crippen LogP contribution in [0.25, 0.3) is 33.4 Å². The minimum Gasteiger partial charge on any atom is -0.505 e. The predicted octanol–water partition coefficient (Wildman–Crippen LogP) is 7.13. The first kappa shape index (κ1) is 19.8. The van der Waals surface area contributed by atoms with Crippen LogP contribution < -0.4 is 5.43 Å². The number of phenolic OH excluding ortho intramolecular Hbond substituents is 1. The van der Waals surface area contributed by atoms with Crippen molar-refractivity contribution in [3.8, 4) is 28.2 Å². The van der Waals surface area contributed by atoms with Crippen LogP contribution in [0.3, 0.4) is 0 Å². The van der Waals surface area contributed by atoms with Crippen LogP contribution >= 0.6 is 63.7 Å². The van der Waals surface area contributed by atoms with Crippen molar-refractivity contribution in [1.29, 1.82) is 0 Å². The summed E-state index contributed by atoms with van der Waals surface area (Å²) in [7, 11) is 0. The molecule has 8 heteroatoms. The zero-order valence-electron chi connectivity index (χ0n) is 13.7. The number of halogens is 4. The molecule has 0 atom stereocenters. The molecule has 1 aliphatic heterocycles. The quantitative estimate of drug-likeness (QED) is 0.189. The number of carbonyl (C=O) groups is 1. The minimum atomic E-state index is -0.261. The summed E-state index contributed by atoms with van der Waals surface area (Å²) in [5, 5.41) is 11.0. The molecule has 2 aromatic carbocycles. The average molecular weight is 632 g/mol. The van der Waals surface area contributed by atoms with E-state index < -0.39 is 0 Å². The van der Waals surface area contributed by atoms with Gasteiger partial charge in [-0.25, -0.2) is 0 Å². The molecule has 1 N–H and O–H groups in total. The zero-order valence-corrected chi connectivity index (χ0v) is 20.1. The van der Waals surface area contributed by atoms with Crippen LogP contribution in [-0.2, 0) is 0 Å². The Morgan fingerprint density at radius 2 is 1.64 bits per heavy atom. The van der Waals surface area contributed by atoms with Gasteiger partial charge in [0.25, 0.3) is 0 Å². The van der Waals surface area contributed by atoms with Crippen LogP contribution in [0.1, 0.15) is 10.4 Å². The Kier molecular flexibility index (Phi) is 5.24. The van der Waals surface area contributed by atoms with Gasteiger partial charge in [-0.3, -0.25) is 9.59 Å². The molecule has 0 fully saturated rings. The van der Waals surface area contributed by atoms with E-state index in [9.17, 15) is 14.7 Å². The van der Waals surface area contributed by atoms with Gasteiger partial charge in [0, 0.05) is 22.1 Å². The van der Waals surface area contributed by atoms with Gasteiger partial charge in [0.1, 0.15) is 14.7 Å². The van der Waals surface area contributed by atoms with Crippen molar-refractivity contribution in [2.45, 2.75) is 0 Å². The Morgan fingerprint density at radius 3 is 2.36 bits per heavy atom. The lowest BCUT2D eigenvalue weighted by molar-refractivity contribution is 0.112. The van der Waals surface area contributed by atoms with Gasteiger partial charge >= 0.3 is 0 Å². The molecule has 28 heavy (non-hydrogen) atoms. The highest BCUT2D eigenvalue weighted by Gasteiger charge is 2.26. The largest absolute Gasteiger partial charge is 0.505 e. The minimum absolute atomic E-state index is 0.0270. The molecule has 0 spiro atoms. The first-order valence-corrected chi connectivity index (χ1v) is 11.0. The molecule has 4 rings (SSSR count). The molecular weight excluding hydrogens is 624 g/mol. The van der Waals surface area contributed by atoms with Crippen LogP contribution in [0.5, 0.6) is 5.75 Å². The maximum Gasteiger partial charge on any atom is 0.210 e. The van der Waals surface area contributed by atoms with Crippen LogP contribution in [0.4, 0.5) is 0 Å². The molecule has 4 nitrogen and oxygen atoms in total. The third-order valence-corrected chi connectivity index (χ3v) is 7.03. The molecule has 2 aromatic rings. The Bertz CT molecular complexity index is 1310. The third-order valence-electron chi connectivity index (χ3n) is 4.38. The number of fused-ring (bicyclic) bond motifs is 2. The molecule has 0 bridgehead atoms. The van der Waals surface area contributed by atoms with Crippen LogP contribution in [0.15, 0.2) is 63.5 Å². The molecule has 0 aromatic heterocycles. The van der Waals surface area contributed by atoms with Crippen molar-refractivity contribution in [1.82, 2.24) is 0 Å². The number of rotatable bonds is 2. The van der Waals surface area contributed by atoms with Crippen molar-refractivity contribution in [2.75, 3.05) is 0 Å². The van der Waals surface area contributed by atoms with Crippen molar-refractivity contribution < 1.29 is 14.3 Å². The van der Waals surface area contributed by atoms with Gasteiger partial charge < -0.3 is 9.52 Å². The van der Waals surface area contributed by atoms with Gasteiger partial charge in [-0.1, -0.05) is 24.3 Å². The van der Waals surface area contributed by atoms with E-state index in [1.165, 1.54) is 0 Å². The lowest BCUT2D eigenvalue weighted by Crippen LogP contribution is -2.07. The third kappa shape index (κ3) is 2.98. The smallest absolute Gasteiger partial charge is 0.210 e. The highest BCUT2D eigenvalue weighted by atomic mass is 79.9. The molecule has 2 aliphatic rings. The van der Waals surface area contributed by atoms with E-state index in [0.29, 0.717) is 52.4 Å². The average Bonchev–Trinajstić information content (AvgIpc) is 2.70. The van der Waals surface area contributed by atoms with E-state index in [4.69, 9.17) is 4.42 Å². The summed E-state index contributed by atoms with van der Waals surface area (Å²) >= 11 is 13.4. The van der Waals surface area contributed by atoms with E-state index in [-0.39, 0.29) is 15.7 Å². The Balaban J connectivity index is 2.35. The molecule has 0 unspecified atom stereocenters. The molecular formula is C20H8Br4O4. The normalized spacial score (nSPS) is 11.3. The lowest BCUT2D eigenvalue weighted by atomic mass is 9.91. The lowest BCUT2D eigenvalue weighted by Gasteiger charge is -2.19. The molecule has 1 heterocycles. The number of hydrogen-bond donors (Lipinski definition) is 1. The Morgan fingerprint density at radius 1 is 0.929 bits per heavy atom. The molecule has 0 radical (unpaired) electrons. The second-order valence-corrected chi connectivity index (χ2v) is 9.25. The first-order valence-electron chi connectivity index (χ1n) is 7.85. The van der Waals surface area contributed by atoms with E-state index in [2.05, 4.69) is 63.7 Å². The molecule has 1 aliphatic carbocycles. The summed E-state index contributed by atoms with van der Waals surface area (Å²) in [4.78, 5) is 24.1. The fraction of sp³-hybridized carbons (Fsp3) is 0. The van der Waals surface area contributed by atoms with E-state index in [1.54, 1.807) is 24.3 Å². The number of carbonyl (C=O) groups excluding carboxylic acids is 1. The summed E-state index contributed by atoms with van der Waals surface area (Å²) in [5.74, 6) is 0.291. The predicted molar refractivity (Wildman–Crippen MR) is 122 cm³/mol. The highest BCUT2D eigenvalue weighted by molar-refractivity contribution is 9.11. The van der Waals surface area contributed by atoms with Gasteiger partial charge in [-0.15, -0.1) is 0 Å². The van der Waals surface area contributed by atoms with Crippen LogP contribution in [0.2, 0.25) is 0 Å². The van der Waals surface area contributed by atoms with Crippen molar-refractivity contribution in [3.05, 3.63) is 70.1 Å². The SMILES string of the molecule is O=Cc1ccccc1-c1c2cc(Br)c(=O)c(Br)c-2oc2c(Br)c(O)c(Br)cc12. The highest BCUT2D eigenvalue weighted by Crippen LogP contribution is 2.48. The number of benzene rings is 3. The monoisotopic (exact) mass is 628 g/mol. The topological polar surface area (TPSA) is 67.5 Å². The summed E-state index contributed by atoms with van der Waals surface area (Å²) < 4.78 is 7.45. The Labute approximate surface area is 192 Å². The molecule has 0 saturated carbocycles. The molecule has 140 valence electrons. The number of phenols is 1. The second kappa shape index (κ2) is 7.40. The maximum atomic E-state index is 12.4. The second-order valence-electron chi connectivity index (χ2n) is 5.96. The maximum absolute atomic E-state index is 12.4. The summed E-state index contributed by atoms with van der Waals surface area (Å²) in [5.41, 5.74) is 2.63.